The van der Waals surface area contributed by atoms with Gasteiger partial charge in [-0.15, -0.1) is 11.3 Å². The van der Waals surface area contributed by atoms with Crippen LogP contribution in [0.2, 0.25) is 0 Å². The molecule has 0 amide bonds. The number of rotatable bonds is 4. The highest BCUT2D eigenvalue weighted by Crippen LogP contribution is 2.30. The van der Waals surface area contributed by atoms with E-state index in [1.54, 1.807) is 23.1 Å². The van der Waals surface area contributed by atoms with Gasteiger partial charge in [0.05, 0.1) is 11.4 Å². The van der Waals surface area contributed by atoms with Crippen molar-refractivity contribution in [3.63, 3.8) is 0 Å². The molecule has 0 spiro atoms. The van der Waals surface area contributed by atoms with Gasteiger partial charge in [0.15, 0.2) is 9.92 Å². The van der Waals surface area contributed by atoms with Crippen LogP contribution in [0.3, 0.4) is 0 Å². The van der Waals surface area contributed by atoms with Gasteiger partial charge in [-0.2, -0.15) is 0 Å². The summed E-state index contributed by atoms with van der Waals surface area (Å²) in [5.74, 6) is 1.43. The monoisotopic (exact) mass is 324 g/mol. The number of aromatic nitrogens is 2. The molecule has 2 heterocycles. The van der Waals surface area contributed by atoms with Crippen molar-refractivity contribution in [1.82, 2.24) is 9.97 Å². The van der Waals surface area contributed by atoms with Gasteiger partial charge in [-0.1, -0.05) is 54.2 Å². The number of benzene rings is 2. The standard InChI is InChI=1S/C17H12N2OS2/c1-2-6-12(7-3-1)14-10-21-17(19-14)22-11-16-18-13-8-4-5-9-15(13)20-16/h1-10H,11H2. The van der Waals surface area contributed by atoms with Crippen molar-refractivity contribution in [3.8, 4) is 11.3 Å². The fourth-order valence-corrected chi connectivity index (χ4v) is 3.85. The van der Waals surface area contributed by atoms with Crippen LogP contribution in [-0.4, -0.2) is 9.97 Å². The van der Waals surface area contributed by atoms with Gasteiger partial charge in [0.1, 0.15) is 5.52 Å². The fraction of sp³-hybridized carbons (Fsp3) is 0.0588. The molecule has 3 nitrogen and oxygen atoms in total. The Hall–Kier alpha value is -2.11. The molecule has 0 fully saturated rings. The van der Waals surface area contributed by atoms with Crippen molar-refractivity contribution in [3.05, 3.63) is 65.9 Å². The van der Waals surface area contributed by atoms with Gasteiger partial charge in [-0.3, -0.25) is 0 Å². The van der Waals surface area contributed by atoms with Crippen molar-refractivity contribution >= 4 is 34.2 Å². The highest BCUT2D eigenvalue weighted by atomic mass is 32.2. The normalized spacial score (nSPS) is 11.1. The van der Waals surface area contributed by atoms with Crippen LogP contribution < -0.4 is 0 Å². The van der Waals surface area contributed by atoms with Crippen LogP contribution >= 0.6 is 23.1 Å². The quantitative estimate of drug-likeness (QED) is 0.481. The maximum absolute atomic E-state index is 5.73. The number of thiazole rings is 1. The summed E-state index contributed by atoms with van der Waals surface area (Å²) in [5.41, 5.74) is 3.91. The highest BCUT2D eigenvalue weighted by Gasteiger charge is 2.09. The molecule has 4 aromatic rings. The van der Waals surface area contributed by atoms with Crippen molar-refractivity contribution in [2.24, 2.45) is 0 Å². The molecule has 0 radical (unpaired) electrons. The van der Waals surface area contributed by atoms with Crippen molar-refractivity contribution in [2.45, 2.75) is 10.1 Å². The average Bonchev–Trinajstić information content (AvgIpc) is 3.20. The minimum absolute atomic E-state index is 0.691. The first-order chi connectivity index (χ1) is 10.9. The lowest BCUT2D eigenvalue weighted by molar-refractivity contribution is 0.556. The minimum Gasteiger partial charge on any atom is -0.440 e. The zero-order valence-corrected chi connectivity index (χ0v) is 13.2. The Balaban J connectivity index is 1.49. The molecule has 2 aromatic carbocycles. The number of hydrogen-bond acceptors (Lipinski definition) is 5. The Morgan fingerprint density at radius 3 is 2.64 bits per heavy atom. The van der Waals surface area contributed by atoms with Gasteiger partial charge in [0.2, 0.25) is 5.89 Å². The first kappa shape index (κ1) is 13.5. The lowest BCUT2D eigenvalue weighted by Gasteiger charge is -1.94. The minimum atomic E-state index is 0.691. The molecular weight excluding hydrogens is 312 g/mol. The van der Waals surface area contributed by atoms with Gasteiger partial charge in [0, 0.05) is 10.9 Å². The number of oxazole rings is 1. The lowest BCUT2D eigenvalue weighted by Crippen LogP contribution is -1.80. The van der Waals surface area contributed by atoms with Gasteiger partial charge >= 0.3 is 0 Å². The molecule has 0 aliphatic rings. The zero-order chi connectivity index (χ0) is 14.8. The number of fused-ring (bicyclic) bond motifs is 1. The molecular formula is C17H12N2OS2. The van der Waals surface area contributed by atoms with E-state index < -0.39 is 0 Å². The second kappa shape index (κ2) is 5.94. The Labute approximate surface area is 136 Å². The summed E-state index contributed by atoms with van der Waals surface area (Å²) >= 11 is 3.31. The van der Waals surface area contributed by atoms with E-state index in [0.29, 0.717) is 5.75 Å². The van der Waals surface area contributed by atoms with Gasteiger partial charge < -0.3 is 4.42 Å². The number of nitrogens with zero attached hydrogens (tertiary/aromatic N) is 2. The number of hydrogen-bond donors (Lipinski definition) is 0. The molecule has 0 N–H and O–H groups in total. The van der Waals surface area contributed by atoms with Crippen LogP contribution in [0.4, 0.5) is 0 Å². The van der Waals surface area contributed by atoms with E-state index in [1.807, 2.05) is 42.5 Å². The van der Waals surface area contributed by atoms with Gasteiger partial charge in [0.25, 0.3) is 0 Å². The van der Waals surface area contributed by atoms with Crippen molar-refractivity contribution in [1.29, 1.82) is 0 Å². The largest absolute Gasteiger partial charge is 0.440 e. The smallest absolute Gasteiger partial charge is 0.205 e. The molecule has 5 heteroatoms. The predicted molar refractivity (Wildman–Crippen MR) is 91.1 cm³/mol. The van der Waals surface area contributed by atoms with Crippen LogP contribution in [0.5, 0.6) is 0 Å². The van der Waals surface area contributed by atoms with Crippen LogP contribution in [-0.2, 0) is 5.75 Å². The molecule has 0 aliphatic heterocycles. The molecule has 2 aromatic heterocycles. The summed E-state index contributed by atoms with van der Waals surface area (Å²) in [6, 6.07) is 18.0. The molecule has 0 atom stereocenters. The summed E-state index contributed by atoms with van der Waals surface area (Å²) < 4.78 is 6.75. The maximum atomic E-state index is 5.73. The number of thioether (sulfide) groups is 1. The molecule has 4 rings (SSSR count). The molecule has 0 aliphatic carbocycles. The maximum Gasteiger partial charge on any atom is 0.205 e. The first-order valence-electron chi connectivity index (χ1n) is 6.87. The SMILES string of the molecule is c1ccc(-c2csc(SCc3nc4ccccc4o3)n2)cc1. The van der Waals surface area contributed by atoms with Crippen LogP contribution in [0, 0.1) is 0 Å². The summed E-state index contributed by atoms with van der Waals surface area (Å²) in [6.45, 7) is 0. The lowest BCUT2D eigenvalue weighted by atomic mass is 10.2. The predicted octanol–water partition coefficient (Wildman–Crippen LogP) is 5.24. The number of para-hydroxylation sites is 2. The fourth-order valence-electron chi connectivity index (χ4n) is 2.17. The van der Waals surface area contributed by atoms with Gasteiger partial charge in [-0.05, 0) is 12.1 Å². The van der Waals surface area contributed by atoms with E-state index in [0.717, 1.165) is 32.6 Å². The Bertz CT molecular complexity index is 866. The Morgan fingerprint density at radius 2 is 1.77 bits per heavy atom. The summed E-state index contributed by atoms with van der Waals surface area (Å²) in [7, 11) is 0. The van der Waals surface area contributed by atoms with Crippen molar-refractivity contribution in [2.75, 3.05) is 0 Å². The molecule has 0 unspecified atom stereocenters. The molecule has 0 bridgehead atoms. The second-order valence-electron chi connectivity index (χ2n) is 4.73. The summed E-state index contributed by atoms with van der Waals surface area (Å²) in [6.07, 6.45) is 0. The Morgan fingerprint density at radius 1 is 0.955 bits per heavy atom. The van der Waals surface area contributed by atoms with E-state index in [-0.39, 0.29) is 0 Å². The molecule has 22 heavy (non-hydrogen) atoms. The topological polar surface area (TPSA) is 38.9 Å². The summed E-state index contributed by atoms with van der Waals surface area (Å²) in [4.78, 5) is 9.14. The molecule has 108 valence electrons. The third-order valence-corrected chi connectivity index (χ3v) is 5.22. The Kier molecular flexibility index (Phi) is 3.66. The second-order valence-corrected chi connectivity index (χ2v) is 6.81. The third-order valence-electron chi connectivity index (χ3n) is 3.21. The van der Waals surface area contributed by atoms with Crippen LogP contribution in [0.25, 0.3) is 22.4 Å². The van der Waals surface area contributed by atoms with E-state index in [4.69, 9.17) is 4.42 Å². The zero-order valence-electron chi connectivity index (χ0n) is 11.6. The van der Waals surface area contributed by atoms with E-state index >= 15 is 0 Å². The van der Waals surface area contributed by atoms with E-state index in [1.165, 1.54) is 0 Å². The summed E-state index contributed by atoms with van der Waals surface area (Å²) in [5, 5.41) is 2.09. The first-order valence-corrected chi connectivity index (χ1v) is 8.73. The van der Waals surface area contributed by atoms with E-state index in [9.17, 15) is 0 Å². The van der Waals surface area contributed by atoms with Crippen LogP contribution in [0.1, 0.15) is 5.89 Å². The van der Waals surface area contributed by atoms with Gasteiger partial charge in [-0.25, -0.2) is 9.97 Å². The van der Waals surface area contributed by atoms with E-state index in [2.05, 4.69) is 27.5 Å². The van der Waals surface area contributed by atoms with Crippen LogP contribution in [0.15, 0.2) is 68.7 Å². The van der Waals surface area contributed by atoms with Crippen molar-refractivity contribution < 1.29 is 4.42 Å². The highest BCUT2D eigenvalue weighted by molar-refractivity contribution is 8.00. The average molecular weight is 324 g/mol. The third kappa shape index (κ3) is 2.77. The molecule has 0 saturated carbocycles. The molecule has 0 saturated heterocycles.